The molecular formula is C15H21ClN2O3. The number of benzene rings is 1. The van der Waals surface area contributed by atoms with Gasteiger partial charge in [-0.05, 0) is 30.9 Å². The second kappa shape index (κ2) is 7.00. The van der Waals surface area contributed by atoms with Gasteiger partial charge >= 0.3 is 6.03 Å². The Hall–Kier alpha value is -1.46. The second-order valence-corrected chi connectivity index (χ2v) is 5.84. The average Bonchev–Trinajstić information content (AvgIpc) is 3.29. The van der Waals surface area contributed by atoms with Gasteiger partial charge in [0.25, 0.3) is 0 Å². The normalized spacial score (nSPS) is 15.4. The highest BCUT2D eigenvalue weighted by Crippen LogP contribution is 2.32. The molecule has 0 bridgehead atoms. The van der Waals surface area contributed by atoms with E-state index in [-0.39, 0.29) is 6.03 Å². The molecule has 0 saturated heterocycles. The first kappa shape index (κ1) is 15.9. The van der Waals surface area contributed by atoms with E-state index in [0.29, 0.717) is 29.8 Å². The quantitative estimate of drug-likeness (QED) is 0.847. The molecule has 1 atom stereocenters. The molecule has 2 N–H and O–H groups in total. The Morgan fingerprint density at radius 2 is 2.29 bits per heavy atom. The maximum absolute atomic E-state index is 12.0. The van der Waals surface area contributed by atoms with E-state index >= 15 is 0 Å². The minimum absolute atomic E-state index is 0.216. The van der Waals surface area contributed by atoms with Crippen molar-refractivity contribution in [3.63, 3.8) is 0 Å². The van der Waals surface area contributed by atoms with Gasteiger partial charge in [0.05, 0.1) is 13.2 Å². The Morgan fingerprint density at radius 3 is 2.90 bits per heavy atom. The van der Waals surface area contributed by atoms with Crippen molar-refractivity contribution in [3.05, 3.63) is 28.8 Å². The summed E-state index contributed by atoms with van der Waals surface area (Å²) in [6, 6.07) is 5.07. The number of amides is 2. The van der Waals surface area contributed by atoms with Crippen molar-refractivity contribution < 1.29 is 14.6 Å². The van der Waals surface area contributed by atoms with Gasteiger partial charge in [-0.25, -0.2) is 4.79 Å². The summed E-state index contributed by atoms with van der Waals surface area (Å²) >= 11 is 5.90. The zero-order valence-electron chi connectivity index (χ0n) is 12.3. The summed E-state index contributed by atoms with van der Waals surface area (Å²) in [5, 5.41) is 13.2. The van der Waals surface area contributed by atoms with Crippen LogP contribution in [0.15, 0.2) is 18.2 Å². The third-order valence-corrected chi connectivity index (χ3v) is 3.89. The molecule has 21 heavy (non-hydrogen) atoms. The first-order chi connectivity index (χ1) is 10.0. The largest absolute Gasteiger partial charge is 0.496 e. The Balaban J connectivity index is 1.85. The third kappa shape index (κ3) is 4.51. The van der Waals surface area contributed by atoms with Crippen molar-refractivity contribution >= 4 is 17.6 Å². The zero-order chi connectivity index (χ0) is 15.4. The monoisotopic (exact) mass is 312 g/mol. The number of urea groups is 1. The number of carbonyl (C=O) groups is 1. The van der Waals surface area contributed by atoms with Gasteiger partial charge in [0, 0.05) is 30.7 Å². The van der Waals surface area contributed by atoms with E-state index in [4.69, 9.17) is 16.3 Å². The summed E-state index contributed by atoms with van der Waals surface area (Å²) in [7, 11) is 3.25. The lowest BCUT2D eigenvalue weighted by molar-refractivity contribution is 0.113. The number of methoxy groups -OCH3 is 1. The molecule has 0 spiro atoms. The average molecular weight is 313 g/mol. The van der Waals surface area contributed by atoms with Gasteiger partial charge in [-0.1, -0.05) is 17.7 Å². The Labute approximate surface area is 129 Å². The highest BCUT2D eigenvalue weighted by molar-refractivity contribution is 6.30. The summed E-state index contributed by atoms with van der Waals surface area (Å²) in [6.45, 7) is 0.706. The first-order valence-corrected chi connectivity index (χ1v) is 7.38. The van der Waals surface area contributed by atoms with Crippen LogP contribution in [0.4, 0.5) is 4.79 Å². The maximum Gasteiger partial charge on any atom is 0.317 e. The number of halogens is 1. The van der Waals surface area contributed by atoms with E-state index in [2.05, 4.69) is 5.32 Å². The molecule has 1 saturated carbocycles. The van der Waals surface area contributed by atoms with E-state index < -0.39 is 6.10 Å². The van der Waals surface area contributed by atoms with Crippen LogP contribution in [-0.4, -0.2) is 42.8 Å². The highest BCUT2D eigenvalue weighted by Gasteiger charge is 2.31. The van der Waals surface area contributed by atoms with E-state index in [9.17, 15) is 9.90 Å². The fraction of sp³-hybridized carbons (Fsp3) is 0.533. The molecule has 5 nitrogen and oxygen atoms in total. The number of nitrogens with zero attached hydrogens (tertiary/aromatic N) is 1. The molecule has 0 heterocycles. The van der Waals surface area contributed by atoms with Crippen LogP contribution in [0.5, 0.6) is 5.75 Å². The van der Waals surface area contributed by atoms with Crippen LogP contribution < -0.4 is 10.1 Å². The van der Waals surface area contributed by atoms with Gasteiger partial charge in [0.15, 0.2) is 0 Å². The summed E-state index contributed by atoms with van der Waals surface area (Å²) in [4.78, 5) is 13.5. The van der Waals surface area contributed by atoms with Crippen LogP contribution in [0, 0.1) is 5.92 Å². The standard InChI is InChI=1S/C15H21ClN2O3/c1-18(9-13(19)10-3-4-10)15(20)17-8-11-5-6-12(16)7-14(11)21-2/h5-7,10,13,19H,3-4,8-9H2,1-2H3,(H,17,20). The van der Waals surface area contributed by atoms with Gasteiger partial charge in [0.1, 0.15) is 5.75 Å². The SMILES string of the molecule is COc1cc(Cl)ccc1CNC(=O)N(C)CC(O)C1CC1. The number of nitrogens with one attached hydrogen (secondary N) is 1. The minimum atomic E-state index is -0.425. The van der Waals surface area contributed by atoms with Gasteiger partial charge in [-0.15, -0.1) is 0 Å². The molecule has 2 rings (SSSR count). The number of aliphatic hydroxyl groups excluding tert-OH is 1. The van der Waals surface area contributed by atoms with Crippen molar-refractivity contribution in [1.29, 1.82) is 0 Å². The molecule has 0 aliphatic heterocycles. The van der Waals surface area contributed by atoms with E-state index in [1.165, 1.54) is 4.90 Å². The number of carbonyl (C=O) groups excluding carboxylic acids is 1. The van der Waals surface area contributed by atoms with Crippen molar-refractivity contribution in [2.75, 3.05) is 20.7 Å². The number of ether oxygens (including phenoxy) is 1. The molecule has 1 aromatic rings. The van der Waals surface area contributed by atoms with Gasteiger partial charge in [-0.2, -0.15) is 0 Å². The molecule has 1 fully saturated rings. The van der Waals surface area contributed by atoms with Gasteiger partial charge < -0.3 is 20.1 Å². The lowest BCUT2D eigenvalue weighted by Crippen LogP contribution is -2.41. The molecule has 116 valence electrons. The first-order valence-electron chi connectivity index (χ1n) is 7.00. The molecule has 0 radical (unpaired) electrons. The molecule has 1 aliphatic carbocycles. The van der Waals surface area contributed by atoms with E-state index in [0.717, 1.165) is 18.4 Å². The molecule has 1 aliphatic rings. The number of rotatable bonds is 6. The molecule has 1 aromatic carbocycles. The number of hydrogen-bond donors (Lipinski definition) is 2. The zero-order valence-corrected chi connectivity index (χ0v) is 13.1. The summed E-state index contributed by atoms with van der Waals surface area (Å²) in [5.74, 6) is 1.00. The summed E-state index contributed by atoms with van der Waals surface area (Å²) in [6.07, 6.45) is 1.68. The van der Waals surface area contributed by atoms with Gasteiger partial charge in [0.2, 0.25) is 0 Å². The van der Waals surface area contributed by atoms with Crippen molar-refractivity contribution in [2.45, 2.75) is 25.5 Å². The number of aliphatic hydroxyl groups is 1. The Bertz CT molecular complexity index is 506. The summed E-state index contributed by atoms with van der Waals surface area (Å²) in [5.41, 5.74) is 0.853. The lowest BCUT2D eigenvalue weighted by atomic mass is 10.2. The maximum atomic E-state index is 12.0. The third-order valence-electron chi connectivity index (χ3n) is 3.65. The van der Waals surface area contributed by atoms with Crippen LogP contribution in [-0.2, 0) is 6.54 Å². The van der Waals surface area contributed by atoms with Crippen molar-refractivity contribution in [1.82, 2.24) is 10.2 Å². The van der Waals surface area contributed by atoms with Crippen LogP contribution in [0.3, 0.4) is 0 Å². The minimum Gasteiger partial charge on any atom is -0.496 e. The lowest BCUT2D eigenvalue weighted by Gasteiger charge is -2.21. The topological polar surface area (TPSA) is 61.8 Å². The fourth-order valence-corrected chi connectivity index (χ4v) is 2.33. The van der Waals surface area contributed by atoms with Crippen molar-refractivity contribution in [2.24, 2.45) is 5.92 Å². The van der Waals surface area contributed by atoms with Crippen LogP contribution in [0.1, 0.15) is 18.4 Å². The number of hydrogen-bond acceptors (Lipinski definition) is 3. The predicted molar refractivity (Wildman–Crippen MR) is 81.6 cm³/mol. The molecule has 0 aromatic heterocycles. The molecular weight excluding hydrogens is 292 g/mol. The fourth-order valence-electron chi connectivity index (χ4n) is 2.16. The van der Waals surface area contributed by atoms with Crippen LogP contribution in [0.2, 0.25) is 5.02 Å². The van der Waals surface area contributed by atoms with E-state index in [1.54, 1.807) is 26.3 Å². The highest BCUT2D eigenvalue weighted by atomic mass is 35.5. The molecule has 6 heteroatoms. The van der Waals surface area contributed by atoms with E-state index in [1.807, 2.05) is 6.07 Å². The Kier molecular flexibility index (Phi) is 5.31. The molecule has 1 unspecified atom stereocenters. The number of likely N-dealkylation sites (N-methyl/N-ethyl adjacent to an activating group) is 1. The molecule has 2 amide bonds. The summed E-state index contributed by atoms with van der Waals surface area (Å²) < 4.78 is 5.23. The van der Waals surface area contributed by atoms with Crippen molar-refractivity contribution in [3.8, 4) is 5.75 Å². The Morgan fingerprint density at radius 1 is 1.57 bits per heavy atom. The smallest absolute Gasteiger partial charge is 0.317 e. The van der Waals surface area contributed by atoms with Gasteiger partial charge in [-0.3, -0.25) is 0 Å². The second-order valence-electron chi connectivity index (χ2n) is 5.40. The van der Waals surface area contributed by atoms with Crippen LogP contribution in [0.25, 0.3) is 0 Å². The predicted octanol–water partition coefficient (Wildman–Crippen LogP) is 2.26. The van der Waals surface area contributed by atoms with Crippen LogP contribution >= 0.6 is 11.6 Å².